The highest BCUT2D eigenvalue weighted by Gasteiger charge is 2.67. The van der Waals surface area contributed by atoms with Gasteiger partial charge in [-0.05, 0) is 24.6 Å². The van der Waals surface area contributed by atoms with Gasteiger partial charge < -0.3 is 28.2 Å². The lowest BCUT2D eigenvalue weighted by atomic mass is 9.88. The molecule has 2 bridgehead atoms. The van der Waals surface area contributed by atoms with Gasteiger partial charge in [0.05, 0.1) is 34.7 Å². The number of esters is 1. The van der Waals surface area contributed by atoms with Crippen molar-refractivity contribution in [2.45, 2.75) is 37.4 Å². The summed E-state index contributed by atoms with van der Waals surface area (Å²) in [5.74, 6) is -0.447. The van der Waals surface area contributed by atoms with Crippen molar-refractivity contribution < 1.29 is 23.8 Å². The number of aromatic nitrogens is 2. The number of hydrogen-bond acceptors (Lipinski definition) is 5. The highest BCUT2D eigenvalue weighted by molar-refractivity contribution is 6.31. The quantitative estimate of drug-likeness (QED) is 0.333. The van der Waals surface area contributed by atoms with Gasteiger partial charge in [0.2, 0.25) is 5.60 Å². The molecule has 5 aromatic rings. The van der Waals surface area contributed by atoms with E-state index in [2.05, 4.69) is 27.3 Å². The lowest BCUT2D eigenvalue weighted by Gasteiger charge is -2.40. The van der Waals surface area contributed by atoms with Crippen LogP contribution < -0.4 is 0 Å². The number of nitrogens with zero attached hydrogens (tertiary/aromatic N) is 3. The fourth-order valence-electron chi connectivity index (χ4n) is 7.44. The van der Waals surface area contributed by atoms with Gasteiger partial charge in [-0.1, -0.05) is 36.4 Å². The Bertz CT molecular complexity index is 1880. The predicted molar refractivity (Wildman–Crippen MR) is 138 cm³/mol. The SMILES string of the molecule is COC(=O)[C@]1(OC)C[C@@H]2O[C@]1(C)n1c3ccccc3c3c4c(c5c6ccccc6n2c5c31)C(=O)N(C)C4. The number of carbonyl (C=O) groups excluding carboxylic acids is 2. The minimum atomic E-state index is -1.39. The van der Waals surface area contributed by atoms with E-state index < -0.39 is 23.5 Å². The molecule has 3 aliphatic heterocycles. The molecule has 0 aliphatic carbocycles. The van der Waals surface area contributed by atoms with Crippen LogP contribution in [0.2, 0.25) is 0 Å². The number of fused-ring (bicyclic) bond motifs is 13. The van der Waals surface area contributed by atoms with Crippen LogP contribution in [-0.4, -0.2) is 52.8 Å². The van der Waals surface area contributed by atoms with Gasteiger partial charge in [0.1, 0.15) is 6.23 Å². The van der Waals surface area contributed by atoms with Crippen LogP contribution in [0.15, 0.2) is 48.5 Å². The molecule has 0 saturated carbocycles. The number of carbonyl (C=O) groups is 2. The third-order valence-electron chi connectivity index (χ3n) is 8.97. The van der Waals surface area contributed by atoms with Crippen LogP contribution in [0.5, 0.6) is 0 Å². The second kappa shape index (κ2) is 6.51. The van der Waals surface area contributed by atoms with E-state index in [9.17, 15) is 9.59 Å². The van der Waals surface area contributed by atoms with E-state index in [1.54, 1.807) is 12.0 Å². The average molecular weight is 496 g/mol. The van der Waals surface area contributed by atoms with E-state index in [0.717, 1.165) is 54.7 Å². The molecule has 0 spiro atoms. The van der Waals surface area contributed by atoms with Crippen LogP contribution in [0.25, 0.3) is 43.6 Å². The number of benzene rings is 3. The van der Waals surface area contributed by atoms with Crippen LogP contribution in [0.3, 0.4) is 0 Å². The first kappa shape index (κ1) is 21.2. The first-order valence-electron chi connectivity index (χ1n) is 12.5. The van der Waals surface area contributed by atoms with Crippen LogP contribution in [0.4, 0.5) is 0 Å². The molecule has 1 fully saturated rings. The van der Waals surface area contributed by atoms with Crippen LogP contribution >= 0.6 is 0 Å². The Kier molecular flexibility index (Phi) is 3.74. The van der Waals surface area contributed by atoms with Gasteiger partial charge in [-0.15, -0.1) is 0 Å². The lowest BCUT2D eigenvalue weighted by molar-refractivity contribution is -0.210. The van der Waals surface area contributed by atoms with Crippen molar-refractivity contribution in [3.05, 3.63) is 59.7 Å². The summed E-state index contributed by atoms with van der Waals surface area (Å²) in [6, 6.07) is 16.2. The number of hydrogen-bond donors (Lipinski definition) is 0. The Labute approximate surface area is 211 Å². The van der Waals surface area contributed by atoms with Crippen molar-refractivity contribution >= 4 is 55.5 Å². The summed E-state index contributed by atoms with van der Waals surface area (Å²) in [5, 5.41) is 3.97. The zero-order valence-electron chi connectivity index (χ0n) is 21.0. The second-order valence-corrected chi connectivity index (χ2v) is 10.5. The number of para-hydroxylation sites is 2. The highest BCUT2D eigenvalue weighted by atomic mass is 16.6. The Morgan fingerprint density at radius 2 is 1.68 bits per heavy atom. The first-order valence-corrected chi connectivity index (χ1v) is 12.5. The Morgan fingerprint density at radius 3 is 2.38 bits per heavy atom. The Balaban J connectivity index is 1.72. The molecule has 8 nitrogen and oxygen atoms in total. The fraction of sp³-hybridized carbons (Fsp3) is 0.310. The molecule has 8 heteroatoms. The van der Waals surface area contributed by atoms with Crippen LogP contribution in [0, 0.1) is 0 Å². The molecule has 1 saturated heterocycles. The van der Waals surface area contributed by atoms with E-state index in [1.807, 2.05) is 44.3 Å². The summed E-state index contributed by atoms with van der Waals surface area (Å²) < 4.78 is 22.7. The van der Waals surface area contributed by atoms with Crippen molar-refractivity contribution in [2.75, 3.05) is 21.3 Å². The number of methoxy groups -OCH3 is 2. The molecule has 0 radical (unpaired) electrons. The maximum Gasteiger partial charge on any atom is 0.343 e. The molecular weight excluding hydrogens is 470 g/mol. The minimum Gasteiger partial charge on any atom is -0.467 e. The summed E-state index contributed by atoms with van der Waals surface area (Å²) in [6.45, 7) is 2.44. The topological polar surface area (TPSA) is 74.9 Å². The maximum absolute atomic E-state index is 13.7. The number of ether oxygens (including phenoxy) is 3. The van der Waals surface area contributed by atoms with E-state index in [-0.39, 0.29) is 12.3 Å². The molecule has 37 heavy (non-hydrogen) atoms. The number of amides is 1. The van der Waals surface area contributed by atoms with Gasteiger partial charge in [-0.3, -0.25) is 4.79 Å². The molecule has 0 N–H and O–H groups in total. The van der Waals surface area contributed by atoms with Crippen molar-refractivity contribution in [1.29, 1.82) is 0 Å². The zero-order chi connectivity index (χ0) is 25.4. The molecule has 8 rings (SSSR count). The first-order chi connectivity index (χ1) is 17.9. The van der Waals surface area contributed by atoms with E-state index in [4.69, 9.17) is 14.2 Å². The smallest absolute Gasteiger partial charge is 0.343 e. The molecule has 0 unspecified atom stereocenters. The van der Waals surface area contributed by atoms with E-state index >= 15 is 0 Å². The molecule has 2 aromatic heterocycles. The minimum absolute atomic E-state index is 0.0268. The molecule has 3 aromatic carbocycles. The zero-order valence-corrected chi connectivity index (χ0v) is 21.0. The molecule has 3 aliphatic rings. The molecule has 3 atom stereocenters. The Morgan fingerprint density at radius 1 is 1.00 bits per heavy atom. The van der Waals surface area contributed by atoms with Crippen LogP contribution in [0.1, 0.15) is 35.5 Å². The van der Waals surface area contributed by atoms with E-state index in [0.29, 0.717) is 6.54 Å². The van der Waals surface area contributed by atoms with Crippen molar-refractivity contribution in [3.63, 3.8) is 0 Å². The van der Waals surface area contributed by atoms with Crippen LogP contribution in [-0.2, 0) is 31.3 Å². The fourth-order valence-corrected chi connectivity index (χ4v) is 7.44. The van der Waals surface area contributed by atoms with Gasteiger partial charge in [0.15, 0.2) is 5.72 Å². The van der Waals surface area contributed by atoms with Crippen molar-refractivity contribution in [3.8, 4) is 0 Å². The van der Waals surface area contributed by atoms with Gasteiger partial charge in [0, 0.05) is 48.7 Å². The summed E-state index contributed by atoms with van der Waals surface area (Å²) in [7, 11) is 4.79. The van der Waals surface area contributed by atoms with Gasteiger partial charge in [-0.2, -0.15) is 0 Å². The number of rotatable bonds is 2. The van der Waals surface area contributed by atoms with Gasteiger partial charge in [0.25, 0.3) is 5.91 Å². The molecule has 186 valence electrons. The lowest BCUT2D eigenvalue weighted by Crippen LogP contribution is -2.57. The largest absolute Gasteiger partial charge is 0.467 e. The third kappa shape index (κ3) is 2.09. The van der Waals surface area contributed by atoms with Gasteiger partial charge in [-0.25, -0.2) is 4.79 Å². The molecule has 1 amide bonds. The average Bonchev–Trinajstić information content (AvgIpc) is 3.58. The molecular formula is C29H25N3O5. The Hall–Kier alpha value is -3.88. The summed E-state index contributed by atoms with van der Waals surface area (Å²) in [4.78, 5) is 29.0. The summed E-state index contributed by atoms with van der Waals surface area (Å²) in [6.07, 6.45) is -0.251. The van der Waals surface area contributed by atoms with Crippen molar-refractivity contribution in [1.82, 2.24) is 14.0 Å². The highest BCUT2D eigenvalue weighted by Crippen LogP contribution is 2.59. The summed E-state index contributed by atoms with van der Waals surface area (Å²) >= 11 is 0. The van der Waals surface area contributed by atoms with E-state index in [1.165, 1.54) is 7.11 Å². The van der Waals surface area contributed by atoms with Gasteiger partial charge >= 0.3 is 5.97 Å². The third-order valence-corrected chi connectivity index (χ3v) is 8.97. The maximum atomic E-state index is 13.7. The monoisotopic (exact) mass is 495 g/mol. The normalized spacial score (nSPS) is 26.2. The van der Waals surface area contributed by atoms with Crippen molar-refractivity contribution in [2.24, 2.45) is 0 Å². The standard InChI is InChI=1S/C29H25N3O5/c1-28-29(36-4,27(34)35-3)13-20(37-28)31-18-11-7-5-9-15(18)22-23-17(14-30(2)26(23)33)21-16-10-6-8-12-19(16)32(28)25(21)24(22)31/h5-12,20H,13-14H2,1-4H3/t20-,28-,29+/m0/s1. The predicted octanol–water partition coefficient (Wildman–Crippen LogP) is 4.65. The molecule has 5 heterocycles. The second-order valence-electron chi connectivity index (χ2n) is 10.5. The summed E-state index contributed by atoms with van der Waals surface area (Å²) in [5.41, 5.74) is 2.95.